The first-order chi connectivity index (χ1) is 35.8. The van der Waals surface area contributed by atoms with Gasteiger partial charge in [-0.2, -0.15) is 0 Å². The van der Waals surface area contributed by atoms with Crippen molar-refractivity contribution in [3.05, 3.63) is 205 Å². The number of para-hydroxylation sites is 2. The SMILES string of the molecule is Oc1c(O)c(O)c(-c2nc(-c3cccc(C4=CC=CC(c5cc6c7ccccc7c7ccccc7c6cc5-n5c6ccccc6c6ccccc65)C4)c3)nc(-c3cccc4c3sc3ccccc34)n2)c(O)c1O. The predicted molar refractivity (Wildman–Crippen MR) is 295 cm³/mol. The van der Waals surface area contributed by atoms with E-state index in [1.165, 1.54) is 48.7 Å². The molecule has 1 atom stereocenters. The zero-order chi connectivity index (χ0) is 49.1. The first-order valence-electron chi connectivity index (χ1n) is 24.0. The molecule has 3 heterocycles. The Bertz CT molecular complexity index is 4490. The molecule has 0 saturated heterocycles. The summed E-state index contributed by atoms with van der Waals surface area (Å²) in [6, 6.07) is 61.5. The van der Waals surface area contributed by atoms with E-state index in [2.05, 4.69) is 150 Å². The summed E-state index contributed by atoms with van der Waals surface area (Å²) in [5.41, 5.74) is 7.47. The minimum atomic E-state index is -1.07. The molecule has 0 amide bonds. The van der Waals surface area contributed by atoms with Crippen molar-refractivity contribution in [2.45, 2.75) is 12.3 Å². The number of phenols is 5. The molecule has 73 heavy (non-hydrogen) atoms. The van der Waals surface area contributed by atoms with E-state index in [1.54, 1.807) is 11.3 Å². The fraction of sp³-hybridized carbons (Fsp3) is 0.0317. The molecule has 0 fully saturated rings. The Morgan fingerprint density at radius 1 is 0.438 bits per heavy atom. The van der Waals surface area contributed by atoms with E-state index in [1.807, 2.05) is 48.5 Å². The van der Waals surface area contributed by atoms with Crippen LogP contribution in [0.2, 0.25) is 0 Å². The zero-order valence-electron chi connectivity index (χ0n) is 38.7. The van der Waals surface area contributed by atoms with Crippen LogP contribution < -0.4 is 0 Å². The van der Waals surface area contributed by atoms with Crippen LogP contribution in [0.15, 0.2) is 194 Å². The Morgan fingerprint density at radius 3 is 1.64 bits per heavy atom. The zero-order valence-corrected chi connectivity index (χ0v) is 39.5. The molecular weight excluding hydrogens is 925 g/mol. The quantitative estimate of drug-likeness (QED) is 0.0629. The Hall–Kier alpha value is -9.51. The van der Waals surface area contributed by atoms with Gasteiger partial charge in [0.15, 0.2) is 29.0 Å². The lowest BCUT2D eigenvalue weighted by Gasteiger charge is -2.25. The van der Waals surface area contributed by atoms with Crippen molar-refractivity contribution in [1.29, 1.82) is 0 Å². The number of hydrogen-bond acceptors (Lipinski definition) is 9. The van der Waals surface area contributed by atoms with Crippen molar-refractivity contribution < 1.29 is 25.5 Å². The summed E-state index contributed by atoms with van der Waals surface area (Å²) in [5, 5.41) is 65.8. The molecule has 0 saturated carbocycles. The van der Waals surface area contributed by atoms with Gasteiger partial charge in [0, 0.05) is 48.0 Å². The second kappa shape index (κ2) is 16.3. The summed E-state index contributed by atoms with van der Waals surface area (Å²) in [4.78, 5) is 14.6. The molecule has 0 spiro atoms. The molecule has 1 aliphatic rings. The molecular formula is C63H40N4O5S. The van der Waals surface area contributed by atoms with Crippen LogP contribution in [0, 0.1) is 0 Å². The van der Waals surface area contributed by atoms with Crippen molar-refractivity contribution in [1.82, 2.24) is 19.5 Å². The minimum Gasteiger partial charge on any atom is -0.504 e. The molecule has 348 valence electrons. The fourth-order valence-electron chi connectivity index (χ4n) is 11.2. The molecule has 1 unspecified atom stereocenters. The average Bonchev–Trinajstić information content (AvgIpc) is 4.00. The molecule has 13 aromatic rings. The normalized spacial score (nSPS) is 13.9. The van der Waals surface area contributed by atoms with Crippen LogP contribution in [-0.2, 0) is 0 Å². The third-order valence-corrected chi connectivity index (χ3v) is 15.8. The number of fused-ring (bicyclic) bond motifs is 12. The van der Waals surface area contributed by atoms with Gasteiger partial charge in [0.05, 0.1) is 16.7 Å². The lowest BCUT2D eigenvalue weighted by atomic mass is 9.82. The number of benzene rings is 10. The molecule has 0 radical (unpaired) electrons. The van der Waals surface area contributed by atoms with Crippen molar-refractivity contribution in [3.8, 4) is 68.6 Å². The van der Waals surface area contributed by atoms with E-state index in [4.69, 9.17) is 15.0 Å². The largest absolute Gasteiger partial charge is 0.504 e. The van der Waals surface area contributed by atoms with Crippen LogP contribution in [-0.4, -0.2) is 45.1 Å². The van der Waals surface area contributed by atoms with E-state index in [0.29, 0.717) is 17.5 Å². The predicted octanol–water partition coefficient (Wildman–Crippen LogP) is 15.5. The Balaban J connectivity index is 0.933. The number of rotatable bonds is 6. The van der Waals surface area contributed by atoms with Crippen LogP contribution in [0.5, 0.6) is 28.7 Å². The van der Waals surface area contributed by atoms with Crippen molar-refractivity contribution >= 4 is 91.2 Å². The maximum Gasteiger partial charge on any atom is 0.208 e. The highest BCUT2D eigenvalue weighted by atomic mass is 32.1. The van der Waals surface area contributed by atoms with Gasteiger partial charge >= 0.3 is 0 Å². The second-order valence-electron chi connectivity index (χ2n) is 18.6. The molecule has 1 aliphatic carbocycles. The van der Waals surface area contributed by atoms with Crippen molar-refractivity contribution in [2.24, 2.45) is 0 Å². The number of allylic oxidation sites excluding steroid dienone is 4. The third kappa shape index (κ3) is 6.50. The number of thiophene rings is 1. The fourth-order valence-corrected chi connectivity index (χ4v) is 12.4. The molecule has 10 aromatic carbocycles. The van der Waals surface area contributed by atoms with E-state index >= 15 is 0 Å². The minimum absolute atomic E-state index is 0.0359. The van der Waals surface area contributed by atoms with Gasteiger partial charge in [-0.05, 0) is 97.9 Å². The smallest absolute Gasteiger partial charge is 0.208 e. The van der Waals surface area contributed by atoms with E-state index < -0.39 is 34.3 Å². The standard InChI is InChI=1S/C63H40N4O5S/c68-55-54(56(69)58(71)59(72)57(55)70)63-65-61(64-62(66-63)46-26-13-25-45-44-24-7-10-29-53(44)73-60(45)46)37-17-12-15-35(31-37)34-14-11-16-36(30-34)47-32-48-40-20-3-1-18-38(40)39-19-2-4-21-41(39)49(48)33-52(47)67-50-27-8-5-22-42(50)43-23-6-9-28-51(43)67/h1-29,31-33,36,68-72H,30H2. The number of hydrogen-bond donors (Lipinski definition) is 5. The van der Waals surface area contributed by atoms with E-state index in [0.717, 1.165) is 48.0 Å². The third-order valence-electron chi connectivity index (χ3n) is 14.6. The average molecular weight is 965 g/mol. The molecule has 0 bridgehead atoms. The first-order valence-corrected chi connectivity index (χ1v) is 24.8. The number of phenolic OH excluding ortho intramolecular Hbond substituents is 5. The highest BCUT2D eigenvalue weighted by Gasteiger charge is 2.29. The highest BCUT2D eigenvalue weighted by Crippen LogP contribution is 2.55. The van der Waals surface area contributed by atoms with Gasteiger partial charge in [-0.1, -0.05) is 152 Å². The summed E-state index contributed by atoms with van der Waals surface area (Å²) in [6.45, 7) is 0. The van der Waals surface area contributed by atoms with E-state index in [-0.39, 0.29) is 23.4 Å². The number of nitrogens with zero attached hydrogens (tertiary/aromatic N) is 4. The number of aromatic nitrogens is 4. The van der Waals surface area contributed by atoms with Crippen LogP contribution in [0.25, 0.3) is 120 Å². The first kappa shape index (κ1) is 42.4. The Labute approximate surface area is 420 Å². The highest BCUT2D eigenvalue weighted by molar-refractivity contribution is 7.26. The maximum atomic E-state index is 11.2. The Kier molecular flexibility index (Phi) is 9.45. The number of aromatic hydroxyl groups is 5. The van der Waals surface area contributed by atoms with Crippen molar-refractivity contribution in [3.63, 3.8) is 0 Å². The van der Waals surface area contributed by atoms with E-state index in [9.17, 15) is 25.5 Å². The van der Waals surface area contributed by atoms with Gasteiger partial charge in [0.2, 0.25) is 17.2 Å². The van der Waals surface area contributed by atoms with Crippen LogP contribution in [0.1, 0.15) is 23.5 Å². The summed E-state index contributed by atoms with van der Waals surface area (Å²) in [5.74, 6) is -4.72. The van der Waals surface area contributed by atoms with Gasteiger partial charge in [-0.25, -0.2) is 15.0 Å². The summed E-state index contributed by atoms with van der Waals surface area (Å²) in [7, 11) is 0. The monoisotopic (exact) mass is 964 g/mol. The van der Waals surface area contributed by atoms with Crippen molar-refractivity contribution in [2.75, 3.05) is 0 Å². The summed E-state index contributed by atoms with van der Waals surface area (Å²) < 4.78 is 4.44. The lowest BCUT2D eigenvalue weighted by molar-refractivity contribution is 0.329. The summed E-state index contributed by atoms with van der Waals surface area (Å²) in [6.07, 6.45) is 7.28. The lowest BCUT2D eigenvalue weighted by Crippen LogP contribution is -2.07. The maximum absolute atomic E-state index is 11.2. The van der Waals surface area contributed by atoms with Gasteiger partial charge in [0.25, 0.3) is 0 Å². The molecule has 10 heteroatoms. The van der Waals surface area contributed by atoms with Gasteiger partial charge in [-0.3, -0.25) is 0 Å². The topological polar surface area (TPSA) is 145 Å². The van der Waals surface area contributed by atoms with Gasteiger partial charge in [0.1, 0.15) is 5.56 Å². The molecule has 14 rings (SSSR count). The summed E-state index contributed by atoms with van der Waals surface area (Å²) >= 11 is 1.59. The molecule has 0 aliphatic heterocycles. The molecule has 9 nitrogen and oxygen atoms in total. The van der Waals surface area contributed by atoms with Crippen LogP contribution in [0.4, 0.5) is 0 Å². The molecule has 3 aromatic heterocycles. The Morgan fingerprint density at radius 2 is 0.959 bits per heavy atom. The van der Waals surface area contributed by atoms with Crippen LogP contribution >= 0.6 is 11.3 Å². The second-order valence-corrected chi connectivity index (χ2v) is 19.6. The van der Waals surface area contributed by atoms with Crippen LogP contribution in [0.3, 0.4) is 0 Å². The van der Waals surface area contributed by atoms with Gasteiger partial charge in [-0.15, -0.1) is 11.3 Å². The van der Waals surface area contributed by atoms with Gasteiger partial charge < -0.3 is 30.1 Å². The molecule has 5 N–H and O–H groups in total.